The van der Waals surface area contributed by atoms with Crippen molar-refractivity contribution in [1.29, 1.82) is 0 Å². The summed E-state index contributed by atoms with van der Waals surface area (Å²) in [5.74, 6) is -0.244. The SMILES string of the molecule is CC(=O)Nc1nc(CCc2ccc(NC(N(C(=O)O)C(C)(C)C)N(C(=O)O)C(C)(C)C)cc2)c(Cc2ccc(S(N)(=O)=O)cc2)s1. The van der Waals surface area contributed by atoms with Gasteiger partial charge in [0.05, 0.1) is 10.6 Å². The fraction of sp³-hybridized carbons (Fsp3) is 0.419. The van der Waals surface area contributed by atoms with Crippen molar-refractivity contribution >= 4 is 50.3 Å². The number of aromatic nitrogens is 1. The third-order valence-corrected chi connectivity index (χ3v) is 8.87. The Morgan fingerprint density at radius 1 is 0.870 bits per heavy atom. The minimum absolute atomic E-state index is 0.0205. The number of nitrogens with one attached hydrogen (secondary N) is 2. The third-order valence-electron chi connectivity index (χ3n) is 6.92. The van der Waals surface area contributed by atoms with E-state index in [9.17, 15) is 33.0 Å². The standard InChI is InChI=1S/C31H42N6O7S2/c1-19(38)33-26-35-24(25(45-26)18-21-10-15-23(16-11-21)46(32,43)44)17-12-20-8-13-22(14-9-20)34-27(36(28(39)40)30(2,3)4)37(29(41)42)31(5,6)7/h8-11,13-16,27,34H,12,17-18H2,1-7H3,(H,39,40)(H,41,42)(H2,32,43,44)(H,33,35,38). The zero-order valence-corrected chi connectivity index (χ0v) is 28.6. The molecule has 3 amide bonds. The summed E-state index contributed by atoms with van der Waals surface area (Å²) in [5.41, 5.74) is 1.28. The van der Waals surface area contributed by atoms with Crippen LogP contribution in [0.5, 0.6) is 0 Å². The lowest BCUT2D eigenvalue weighted by Crippen LogP contribution is -2.66. The van der Waals surface area contributed by atoms with Crippen molar-refractivity contribution in [1.82, 2.24) is 14.8 Å². The molecule has 6 N–H and O–H groups in total. The second kappa shape index (κ2) is 14.1. The summed E-state index contributed by atoms with van der Waals surface area (Å²) in [4.78, 5) is 44.2. The van der Waals surface area contributed by atoms with E-state index in [1.807, 2.05) is 12.1 Å². The van der Waals surface area contributed by atoms with E-state index in [1.54, 1.807) is 65.8 Å². The number of primary sulfonamides is 1. The maximum atomic E-state index is 12.4. The highest BCUT2D eigenvalue weighted by molar-refractivity contribution is 7.89. The molecule has 0 fully saturated rings. The predicted octanol–water partition coefficient (Wildman–Crippen LogP) is 5.38. The number of anilines is 2. The van der Waals surface area contributed by atoms with E-state index in [4.69, 9.17) is 5.14 Å². The number of amides is 3. The molecule has 3 rings (SSSR count). The van der Waals surface area contributed by atoms with Gasteiger partial charge in [-0.15, -0.1) is 11.3 Å². The van der Waals surface area contributed by atoms with Crippen molar-refractivity contribution in [3.8, 4) is 0 Å². The highest BCUT2D eigenvalue weighted by Gasteiger charge is 2.43. The van der Waals surface area contributed by atoms with Gasteiger partial charge in [0.1, 0.15) is 0 Å². The second-order valence-corrected chi connectivity index (χ2v) is 15.4. The van der Waals surface area contributed by atoms with E-state index in [0.717, 1.165) is 31.5 Å². The van der Waals surface area contributed by atoms with Crippen LogP contribution in [0.15, 0.2) is 53.4 Å². The summed E-state index contributed by atoms with van der Waals surface area (Å²) in [6.45, 7) is 11.6. The Hall–Kier alpha value is -4.21. The van der Waals surface area contributed by atoms with Gasteiger partial charge in [-0.1, -0.05) is 24.3 Å². The van der Waals surface area contributed by atoms with Crippen molar-refractivity contribution in [2.75, 3.05) is 10.6 Å². The fourth-order valence-electron chi connectivity index (χ4n) is 4.84. The van der Waals surface area contributed by atoms with Crippen LogP contribution < -0.4 is 15.8 Å². The van der Waals surface area contributed by atoms with E-state index in [1.165, 1.54) is 30.4 Å². The molecule has 0 atom stereocenters. The number of hydrogen-bond donors (Lipinski definition) is 5. The summed E-state index contributed by atoms with van der Waals surface area (Å²) in [7, 11) is -3.81. The minimum atomic E-state index is -3.81. The summed E-state index contributed by atoms with van der Waals surface area (Å²) in [5, 5.41) is 31.7. The average Bonchev–Trinajstić information content (AvgIpc) is 3.25. The normalized spacial score (nSPS) is 12.1. The molecule has 250 valence electrons. The number of hydrogen-bond acceptors (Lipinski definition) is 8. The van der Waals surface area contributed by atoms with Gasteiger partial charge in [0.2, 0.25) is 15.9 Å². The first-order valence-corrected chi connectivity index (χ1v) is 16.8. The summed E-state index contributed by atoms with van der Waals surface area (Å²) in [6.07, 6.45) is -2.14. The first-order valence-electron chi connectivity index (χ1n) is 14.4. The van der Waals surface area contributed by atoms with Gasteiger partial charge in [-0.2, -0.15) is 0 Å². The molecule has 3 aromatic rings. The molecule has 0 unspecified atom stereocenters. The third kappa shape index (κ3) is 9.64. The average molecular weight is 675 g/mol. The number of rotatable bonds is 11. The largest absolute Gasteiger partial charge is 0.465 e. The molecular formula is C31H42N6O7S2. The molecule has 2 aromatic carbocycles. The first-order chi connectivity index (χ1) is 21.2. The molecule has 0 saturated heterocycles. The van der Waals surface area contributed by atoms with Gasteiger partial charge in [-0.05, 0) is 89.8 Å². The van der Waals surface area contributed by atoms with Crippen LogP contribution in [0, 0.1) is 0 Å². The van der Waals surface area contributed by atoms with Crippen LogP contribution in [-0.2, 0) is 34.1 Å². The summed E-state index contributed by atoms with van der Waals surface area (Å²) in [6, 6.07) is 13.6. The zero-order valence-electron chi connectivity index (χ0n) is 27.0. The Bertz CT molecular complexity index is 1630. The van der Waals surface area contributed by atoms with Crippen LogP contribution in [0.3, 0.4) is 0 Å². The predicted molar refractivity (Wildman–Crippen MR) is 178 cm³/mol. The van der Waals surface area contributed by atoms with E-state index >= 15 is 0 Å². The molecule has 0 aliphatic rings. The Labute approximate surface area is 273 Å². The van der Waals surface area contributed by atoms with Crippen LogP contribution in [0.25, 0.3) is 0 Å². The highest BCUT2D eigenvalue weighted by Crippen LogP contribution is 2.29. The number of benzene rings is 2. The lowest BCUT2D eigenvalue weighted by atomic mass is 10.0. The molecule has 0 radical (unpaired) electrons. The quantitative estimate of drug-likeness (QED) is 0.166. The smallest absolute Gasteiger partial charge is 0.410 e. The molecule has 13 nitrogen and oxygen atoms in total. The number of sulfonamides is 1. The molecule has 0 aliphatic carbocycles. The van der Waals surface area contributed by atoms with Crippen LogP contribution in [0.4, 0.5) is 20.4 Å². The zero-order chi connectivity index (χ0) is 34.6. The molecule has 15 heteroatoms. The highest BCUT2D eigenvalue weighted by atomic mass is 32.2. The number of nitrogens with two attached hydrogens (primary N) is 1. The van der Waals surface area contributed by atoms with Crippen molar-refractivity contribution in [2.24, 2.45) is 5.14 Å². The van der Waals surface area contributed by atoms with E-state index < -0.39 is 39.6 Å². The molecular weight excluding hydrogens is 633 g/mol. The maximum absolute atomic E-state index is 12.4. The van der Waals surface area contributed by atoms with Crippen LogP contribution in [0.2, 0.25) is 0 Å². The molecule has 0 bridgehead atoms. The van der Waals surface area contributed by atoms with Gasteiger partial charge in [0, 0.05) is 35.0 Å². The fourth-order valence-corrected chi connectivity index (χ4v) is 6.45. The van der Waals surface area contributed by atoms with Crippen LogP contribution >= 0.6 is 11.3 Å². The molecule has 0 aliphatic heterocycles. The Kier molecular flexibility index (Phi) is 11.1. The van der Waals surface area contributed by atoms with Crippen molar-refractivity contribution in [2.45, 2.75) is 90.0 Å². The Morgan fingerprint density at radius 3 is 1.80 bits per heavy atom. The minimum Gasteiger partial charge on any atom is -0.465 e. The number of carbonyl (C=O) groups is 3. The van der Waals surface area contributed by atoms with Gasteiger partial charge >= 0.3 is 12.2 Å². The lowest BCUT2D eigenvalue weighted by molar-refractivity contribution is -0.114. The monoisotopic (exact) mass is 674 g/mol. The Balaban J connectivity index is 1.84. The molecule has 1 heterocycles. The van der Waals surface area contributed by atoms with Gasteiger partial charge in [0.15, 0.2) is 11.4 Å². The van der Waals surface area contributed by atoms with E-state index in [2.05, 4.69) is 15.6 Å². The topological polar surface area (TPSA) is 195 Å². The second-order valence-electron chi connectivity index (χ2n) is 12.8. The van der Waals surface area contributed by atoms with Gasteiger partial charge in [-0.25, -0.2) is 28.1 Å². The van der Waals surface area contributed by atoms with Gasteiger partial charge < -0.3 is 20.8 Å². The van der Waals surface area contributed by atoms with Gasteiger partial charge in [0.25, 0.3) is 0 Å². The van der Waals surface area contributed by atoms with Crippen molar-refractivity contribution in [3.63, 3.8) is 0 Å². The number of carbonyl (C=O) groups excluding carboxylic acids is 1. The number of nitrogens with zero attached hydrogens (tertiary/aromatic N) is 3. The lowest BCUT2D eigenvalue weighted by Gasteiger charge is -2.48. The molecule has 0 spiro atoms. The molecule has 46 heavy (non-hydrogen) atoms. The van der Waals surface area contributed by atoms with Gasteiger partial charge in [-0.3, -0.25) is 14.6 Å². The summed E-state index contributed by atoms with van der Waals surface area (Å²) >= 11 is 1.35. The number of aryl methyl sites for hydroxylation is 2. The first kappa shape index (κ1) is 36.3. The Morgan fingerprint density at radius 2 is 1.37 bits per heavy atom. The molecule has 0 saturated carbocycles. The molecule has 1 aromatic heterocycles. The van der Waals surface area contributed by atoms with E-state index in [0.29, 0.717) is 30.1 Å². The van der Waals surface area contributed by atoms with Crippen molar-refractivity contribution < 1.29 is 33.0 Å². The maximum Gasteiger partial charge on any atom is 0.410 e. The van der Waals surface area contributed by atoms with Crippen molar-refractivity contribution in [3.05, 3.63) is 70.2 Å². The summed E-state index contributed by atoms with van der Waals surface area (Å²) < 4.78 is 23.2. The van der Waals surface area contributed by atoms with E-state index in [-0.39, 0.29) is 10.8 Å². The van der Waals surface area contributed by atoms with Crippen LogP contribution in [0.1, 0.15) is 70.2 Å². The number of thiazole rings is 1. The number of carboxylic acid groups (broad SMARTS) is 2. The van der Waals surface area contributed by atoms with Crippen LogP contribution in [-0.4, -0.2) is 68.9 Å².